The number of nitrogens with zero attached hydrogens (tertiary/aromatic N) is 2. The van der Waals surface area contributed by atoms with Crippen LogP contribution in [-0.4, -0.2) is 69.3 Å². The van der Waals surface area contributed by atoms with E-state index in [0.29, 0.717) is 37.8 Å². The third-order valence-corrected chi connectivity index (χ3v) is 6.92. The molecule has 2 aliphatic rings. The zero-order valence-electron chi connectivity index (χ0n) is 15.8. The lowest BCUT2D eigenvalue weighted by atomic mass is 10.1. The Balaban J connectivity index is 1.53. The van der Waals surface area contributed by atoms with Crippen LogP contribution in [0.2, 0.25) is 0 Å². The fraction of sp³-hybridized carbons (Fsp3) is 0.611. The van der Waals surface area contributed by atoms with E-state index in [1.807, 2.05) is 25.1 Å². The number of nitrogens with one attached hydrogen (secondary N) is 1. The van der Waals surface area contributed by atoms with E-state index in [1.165, 1.54) is 4.31 Å². The van der Waals surface area contributed by atoms with Gasteiger partial charge in [0, 0.05) is 26.7 Å². The van der Waals surface area contributed by atoms with E-state index in [9.17, 15) is 13.2 Å². The van der Waals surface area contributed by atoms with Crippen molar-refractivity contribution in [3.8, 4) is 11.5 Å². The zero-order valence-corrected chi connectivity index (χ0v) is 16.6. The molecule has 8 nitrogen and oxygen atoms in total. The number of sulfonamides is 1. The van der Waals surface area contributed by atoms with Crippen LogP contribution in [-0.2, 0) is 10.0 Å². The monoisotopic (exact) mass is 397 g/mol. The summed E-state index contributed by atoms with van der Waals surface area (Å²) in [7, 11) is -1.61. The molecule has 0 aromatic heterocycles. The summed E-state index contributed by atoms with van der Waals surface area (Å²) in [5.41, 5.74) is 0.918. The SMILES string of the molecule is C[C@H](c1ccc2c(c1)OCCO2)N(C)C(=O)NCCS(=O)(=O)N1CCCC1. The highest BCUT2D eigenvalue weighted by atomic mass is 32.2. The third-order valence-electron chi connectivity index (χ3n) is 5.04. The maximum atomic E-state index is 12.4. The molecule has 27 heavy (non-hydrogen) atoms. The van der Waals surface area contributed by atoms with Crippen molar-refractivity contribution in [2.75, 3.05) is 45.6 Å². The molecule has 0 bridgehead atoms. The number of fused-ring (bicyclic) bond motifs is 1. The van der Waals surface area contributed by atoms with Gasteiger partial charge in [-0.3, -0.25) is 0 Å². The molecule has 1 N–H and O–H groups in total. The molecule has 1 aromatic rings. The summed E-state index contributed by atoms with van der Waals surface area (Å²) in [5, 5.41) is 2.70. The normalized spacial score (nSPS) is 18.1. The second-order valence-corrected chi connectivity index (χ2v) is 8.93. The van der Waals surface area contributed by atoms with Gasteiger partial charge in [-0.05, 0) is 37.5 Å². The van der Waals surface area contributed by atoms with E-state index >= 15 is 0 Å². The van der Waals surface area contributed by atoms with Gasteiger partial charge in [0.1, 0.15) is 13.2 Å². The Labute approximate surface area is 160 Å². The van der Waals surface area contributed by atoms with E-state index in [-0.39, 0.29) is 24.4 Å². The number of ether oxygens (including phenoxy) is 2. The van der Waals surface area contributed by atoms with E-state index in [0.717, 1.165) is 18.4 Å². The molecule has 9 heteroatoms. The summed E-state index contributed by atoms with van der Waals surface area (Å²) in [4.78, 5) is 14.0. The number of rotatable bonds is 6. The molecular formula is C18H27N3O5S. The predicted octanol–water partition coefficient (Wildman–Crippen LogP) is 1.59. The van der Waals surface area contributed by atoms with Crippen LogP contribution in [0.5, 0.6) is 11.5 Å². The van der Waals surface area contributed by atoms with Crippen molar-refractivity contribution in [2.24, 2.45) is 0 Å². The Morgan fingerprint density at radius 2 is 1.89 bits per heavy atom. The van der Waals surface area contributed by atoms with Crippen molar-refractivity contribution >= 4 is 16.1 Å². The number of hydrogen-bond acceptors (Lipinski definition) is 5. The lowest BCUT2D eigenvalue weighted by molar-refractivity contribution is 0.170. The van der Waals surface area contributed by atoms with Gasteiger partial charge >= 0.3 is 6.03 Å². The highest BCUT2D eigenvalue weighted by Gasteiger charge is 2.25. The average molecular weight is 397 g/mol. The van der Waals surface area contributed by atoms with Crippen molar-refractivity contribution in [3.63, 3.8) is 0 Å². The second-order valence-electron chi connectivity index (χ2n) is 6.84. The minimum absolute atomic E-state index is 0.0784. The highest BCUT2D eigenvalue weighted by Crippen LogP contribution is 2.33. The summed E-state index contributed by atoms with van der Waals surface area (Å²) in [6.07, 6.45) is 1.81. The summed E-state index contributed by atoms with van der Waals surface area (Å²) < 4.78 is 37.0. The fourth-order valence-electron chi connectivity index (χ4n) is 3.23. The van der Waals surface area contributed by atoms with Gasteiger partial charge in [-0.15, -0.1) is 0 Å². The molecule has 2 heterocycles. The number of urea groups is 1. The second kappa shape index (κ2) is 8.35. The van der Waals surface area contributed by atoms with Crippen molar-refractivity contribution < 1.29 is 22.7 Å². The molecule has 150 valence electrons. The molecular weight excluding hydrogens is 370 g/mol. The molecule has 1 aromatic carbocycles. The van der Waals surface area contributed by atoms with Gasteiger partial charge in [0.15, 0.2) is 11.5 Å². The number of hydrogen-bond donors (Lipinski definition) is 1. The van der Waals surface area contributed by atoms with Gasteiger partial charge < -0.3 is 19.7 Å². The topological polar surface area (TPSA) is 88.2 Å². The maximum absolute atomic E-state index is 12.4. The van der Waals surface area contributed by atoms with Crippen LogP contribution in [0.4, 0.5) is 4.79 Å². The largest absolute Gasteiger partial charge is 0.486 e. The van der Waals surface area contributed by atoms with Crippen molar-refractivity contribution in [2.45, 2.75) is 25.8 Å². The van der Waals surface area contributed by atoms with Gasteiger partial charge in [-0.1, -0.05) is 6.07 Å². The molecule has 1 fully saturated rings. The minimum Gasteiger partial charge on any atom is -0.486 e. The molecule has 0 aliphatic carbocycles. The van der Waals surface area contributed by atoms with Crippen LogP contribution in [0, 0.1) is 0 Å². The average Bonchev–Trinajstić information content (AvgIpc) is 3.22. The Kier molecular flexibility index (Phi) is 6.11. The van der Waals surface area contributed by atoms with Crippen LogP contribution in [0.15, 0.2) is 18.2 Å². The smallest absolute Gasteiger partial charge is 0.317 e. The van der Waals surface area contributed by atoms with Gasteiger partial charge in [-0.2, -0.15) is 0 Å². The summed E-state index contributed by atoms with van der Waals surface area (Å²) in [6.45, 7) is 4.20. The molecule has 0 saturated carbocycles. The minimum atomic E-state index is -3.29. The predicted molar refractivity (Wildman–Crippen MR) is 102 cm³/mol. The highest BCUT2D eigenvalue weighted by molar-refractivity contribution is 7.89. The van der Waals surface area contributed by atoms with Crippen LogP contribution in [0.1, 0.15) is 31.4 Å². The molecule has 0 unspecified atom stereocenters. The van der Waals surface area contributed by atoms with Crippen molar-refractivity contribution in [3.05, 3.63) is 23.8 Å². The molecule has 1 saturated heterocycles. The van der Waals surface area contributed by atoms with E-state index < -0.39 is 10.0 Å². The Morgan fingerprint density at radius 1 is 1.22 bits per heavy atom. The van der Waals surface area contributed by atoms with E-state index in [4.69, 9.17) is 9.47 Å². The molecule has 0 spiro atoms. The molecule has 0 radical (unpaired) electrons. The summed E-state index contributed by atoms with van der Waals surface area (Å²) in [5.74, 6) is 1.30. The first-order chi connectivity index (χ1) is 12.9. The van der Waals surface area contributed by atoms with Gasteiger partial charge in [0.05, 0.1) is 11.8 Å². The lowest BCUT2D eigenvalue weighted by Crippen LogP contribution is -2.42. The van der Waals surface area contributed by atoms with Crippen molar-refractivity contribution in [1.82, 2.24) is 14.5 Å². The summed E-state index contributed by atoms with van der Waals surface area (Å²) in [6, 6.07) is 5.11. The Morgan fingerprint density at radius 3 is 2.59 bits per heavy atom. The quantitative estimate of drug-likeness (QED) is 0.788. The number of carbonyl (C=O) groups excluding carboxylic acids is 1. The van der Waals surface area contributed by atoms with E-state index in [1.54, 1.807) is 11.9 Å². The third kappa shape index (κ3) is 4.65. The summed E-state index contributed by atoms with van der Waals surface area (Å²) >= 11 is 0. The number of carbonyl (C=O) groups is 1. The van der Waals surface area contributed by atoms with Crippen LogP contribution >= 0.6 is 0 Å². The van der Waals surface area contributed by atoms with Crippen LogP contribution in [0.3, 0.4) is 0 Å². The first kappa shape index (κ1) is 19.8. The lowest BCUT2D eigenvalue weighted by Gasteiger charge is -2.27. The zero-order chi connectivity index (χ0) is 19.4. The van der Waals surface area contributed by atoms with Crippen LogP contribution in [0.25, 0.3) is 0 Å². The Hall–Kier alpha value is -2.00. The number of amides is 2. The molecule has 2 aliphatic heterocycles. The van der Waals surface area contributed by atoms with Crippen molar-refractivity contribution in [1.29, 1.82) is 0 Å². The van der Waals surface area contributed by atoms with Gasteiger partial charge in [0.2, 0.25) is 10.0 Å². The maximum Gasteiger partial charge on any atom is 0.317 e. The fourth-order valence-corrected chi connectivity index (χ4v) is 4.66. The number of benzene rings is 1. The molecule has 1 atom stereocenters. The van der Waals surface area contributed by atoms with Gasteiger partial charge in [0.25, 0.3) is 0 Å². The van der Waals surface area contributed by atoms with E-state index in [2.05, 4.69) is 5.32 Å². The standard InChI is InChI=1S/C18H27N3O5S/c1-14(15-5-6-16-17(13-15)26-11-10-25-16)20(2)18(22)19-7-12-27(23,24)21-8-3-4-9-21/h5-6,13-14H,3-4,7-12H2,1-2H3,(H,19,22)/t14-/m1/s1. The first-order valence-electron chi connectivity index (χ1n) is 9.26. The molecule has 3 rings (SSSR count). The Bertz CT molecular complexity index is 777. The molecule has 2 amide bonds. The first-order valence-corrected chi connectivity index (χ1v) is 10.9. The van der Waals surface area contributed by atoms with Crippen LogP contribution < -0.4 is 14.8 Å². The van der Waals surface area contributed by atoms with Gasteiger partial charge in [-0.25, -0.2) is 17.5 Å².